The molecule has 1 aliphatic heterocycles. The van der Waals surface area contributed by atoms with Crippen molar-refractivity contribution in [1.82, 2.24) is 15.5 Å². The molecule has 7 heteroatoms. The van der Waals surface area contributed by atoms with Crippen LogP contribution in [0.4, 0.5) is 5.69 Å². The summed E-state index contributed by atoms with van der Waals surface area (Å²) in [5, 5.41) is 18.1. The van der Waals surface area contributed by atoms with Gasteiger partial charge in [0.05, 0.1) is 12.2 Å². The van der Waals surface area contributed by atoms with Crippen LogP contribution in [0.15, 0.2) is 30.3 Å². The van der Waals surface area contributed by atoms with Gasteiger partial charge in [-0.3, -0.25) is 9.89 Å². The van der Waals surface area contributed by atoms with Crippen LogP contribution in [0, 0.1) is 0 Å². The van der Waals surface area contributed by atoms with Crippen LogP contribution in [0.1, 0.15) is 10.5 Å². The number of piperazine rings is 1. The maximum Gasteiger partial charge on any atom is 0.353 e. The number of carbonyl (C=O) groups excluding carboxylic acids is 1. The highest BCUT2D eigenvalue weighted by Gasteiger charge is 2.16. The first-order chi connectivity index (χ1) is 10.1. The lowest BCUT2D eigenvalue weighted by atomic mass is 10.1. The smallest absolute Gasteiger partial charge is 0.353 e. The van der Waals surface area contributed by atoms with Gasteiger partial charge in [-0.25, -0.2) is 4.79 Å². The van der Waals surface area contributed by atoms with E-state index in [1.807, 2.05) is 29.2 Å². The number of aromatic carboxylic acids is 1. The number of carboxylic acid groups (broad SMARTS) is 1. The lowest BCUT2D eigenvalue weighted by Gasteiger charge is -2.28. The molecule has 1 aliphatic rings. The van der Waals surface area contributed by atoms with Crippen molar-refractivity contribution in [2.24, 2.45) is 0 Å². The molecule has 1 aromatic heterocycles. The van der Waals surface area contributed by atoms with Gasteiger partial charge in [0, 0.05) is 24.3 Å². The maximum absolute atomic E-state index is 11.4. The molecule has 1 amide bonds. The zero-order valence-corrected chi connectivity index (χ0v) is 11.2. The minimum atomic E-state index is -1.04. The van der Waals surface area contributed by atoms with Crippen molar-refractivity contribution in [1.29, 1.82) is 0 Å². The number of amides is 1. The number of rotatable bonds is 3. The standard InChI is InChI=1S/C14H14N4O3/c19-13-8-18(6-5-15-13)10-3-1-9(2-4-10)11-7-12(14(20)21)17-16-11/h1-4,7H,5-6,8H2,(H,15,19)(H,16,17)(H,20,21). The zero-order valence-electron chi connectivity index (χ0n) is 11.2. The van der Waals surface area contributed by atoms with Crippen LogP contribution in [0.5, 0.6) is 0 Å². The SMILES string of the molecule is O=C1CN(c2ccc(-c3cc(C(=O)O)[nH]n3)cc2)CCN1. The molecule has 7 nitrogen and oxygen atoms in total. The van der Waals surface area contributed by atoms with Gasteiger partial charge >= 0.3 is 5.97 Å². The van der Waals surface area contributed by atoms with E-state index >= 15 is 0 Å². The normalized spacial score (nSPS) is 14.9. The fourth-order valence-corrected chi connectivity index (χ4v) is 2.28. The molecule has 0 unspecified atom stereocenters. The minimum absolute atomic E-state index is 0.0173. The fourth-order valence-electron chi connectivity index (χ4n) is 2.28. The number of carbonyl (C=O) groups is 2. The van der Waals surface area contributed by atoms with E-state index in [0.717, 1.165) is 17.8 Å². The lowest BCUT2D eigenvalue weighted by Crippen LogP contribution is -2.47. The summed E-state index contributed by atoms with van der Waals surface area (Å²) in [6.07, 6.45) is 0. The Kier molecular flexibility index (Phi) is 3.31. The van der Waals surface area contributed by atoms with Gasteiger partial charge < -0.3 is 15.3 Å². The number of nitrogens with one attached hydrogen (secondary N) is 2. The average Bonchev–Trinajstić information content (AvgIpc) is 2.97. The molecule has 2 heterocycles. The van der Waals surface area contributed by atoms with Crippen LogP contribution in [-0.4, -0.2) is 46.8 Å². The predicted octanol–water partition coefficient (Wildman–Crippen LogP) is 0.711. The summed E-state index contributed by atoms with van der Waals surface area (Å²) in [5.74, 6) is -1.02. The number of anilines is 1. The minimum Gasteiger partial charge on any atom is -0.477 e. The Balaban J connectivity index is 1.79. The first-order valence-corrected chi connectivity index (χ1v) is 6.54. The van der Waals surface area contributed by atoms with E-state index in [0.29, 0.717) is 18.8 Å². The molecule has 0 bridgehead atoms. The van der Waals surface area contributed by atoms with Crippen LogP contribution >= 0.6 is 0 Å². The number of hydrogen-bond donors (Lipinski definition) is 3. The van der Waals surface area contributed by atoms with Crippen molar-refractivity contribution in [3.05, 3.63) is 36.0 Å². The Morgan fingerprint density at radius 2 is 2.05 bits per heavy atom. The molecular formula is C14H14N4O3. The van der Waals surface area contributed by atoms with E-state index < -0.39 is 5.97 Å². The molecule has 0 saturated carbocycles. The number of carboxylic acids is 1. The van der Waals surface area contributed by atoms with E-state index in [1.165, 1.54) is 6.07 Å². The van der Waals surface area contributed by atoms with Crippen molar-refractivity contribution in [2.45, 2.75) is 0 Å². The summed E-state index contributed by atoms with van der Waals surface area (Å²) in [5.41, 5.74) is 2.42. The molecule has 0 aliphatic carbocycles. The highest BCUT2D eigenvalue weighted by Crippen LogP contribution is 2.22. The maximum atomic E-state index is 11.4. The molecule has 21 heavy (non-hydrogen) atoms. The van der Waals surface area contributed by atoms with Crippen LogP contribution in [0.3, 0.4) is 0 Å². The van der Waals surface area contributed by atoms with E-state index in [-0.39, 0.29) is 11.6 Å². The Morgan fingerprint density at radius 3 is 2.67 bits per heavy atom. The van der Waals surface area contributed by atoms with Gasteiger partial charge in [-0.1, -0.05) is 12.1 Å². The van der Waals surface area contributed by atoms with Gasteiger partial charge in [0.2, 0.25) is 5.91 Å². The quantitative estimate of drug-likeness (QED) is 0.772. The molecule has 0 spiro atoms. The van der Waals surface area contributed by atoms with Gasteiger partial charge in [-0.15, -0.1) is 0 Å². The van der Waals surface area contributed by atoms with Crippen molar-refractivity contribution in [3.8, 4) is 11.3 Å². The molecular weight excluding hydrogens is 272 g/mol. The number of hydrogen-bond acceptors (Lipinski definition) is 4. The van der Waals surface area contributed by atoms with Crippen molar-refractivity contribution < 1.29 is 14.7 Å². The van der Waals surface area contributed by atoms with Gasteiger partial charge in [0.1, 0.15) is 5.69 Å². The summed E-state index contributed by atoms with van der Waals surface area (Å²) in [7, 11) is 0. The number of aromatic amines is 1. The predicted molar refractivity (Wildman–Crippen MR) is 76.2 cm³/mol. The van der Waals surface area contributed by atoms with Gasteiger partial charge in [0.15, 0.2) is 0 Å². The average molecular weight is 286 g/mol. The number of benzene rings is 1. The summed E-state index contributed by atoms with van der Waals surface area (Å²) in [6, 6.07) is 9.03. The Labute approximate surface area is 120 Å². The summed E-state index contributed by atoms with van der Waals surface area (Å²) >= 11 is 0. The monoisotopic (exact) mass is 286 g/mol. The Hall–Kier alpha value is -2.83. The molecule has 1 fully saturated rings. The number of aromatic nitrogens is 2. The number of nitrogens with zero attached hydrogens (tertiary/aromatic N) is 2. The van der Waals surface area contributed by atoms with Crippen molar-refractivity contribution in [2.75, 3.05) is 24.5 Å². The third-order valence-corrected chi connectivity index (χ3v) is 3.37. The molecule has 2 aromatic rings. The number of H-pyrrole nitrogens is 1. The molecule has 1 aromatic carbocycles. The molecule has 0 radical (unpaired) electrons. The van der Waals surface area contributed by atoms with Crippen molar-refractivity contribution >= 4 is 17.6 Å². The van der Waals surface area contributed by atoms with E-state index in [9.17, 15) is 9.59 Å². The molecule has 3 rings (SSSR count). The van der Waals surface area contributed by atoms with Crippen LogP contribution in [-0.2, 0) is 4.79 Å². The molecule has 0 atom stereocenters. The largest absolute Gasteiger partial charge is 0.477 e. The Morgan fingerprint density at radius 1 is 1.29 bits per heavy atom. The first-order valence-electron chi connectivity index (χ1n) is 6.54. The summed E-state index contributed by atoms with van der Waals surface area (Å²) in [6.45, 7) is 1.77. The second kappa shape index (κ2) is 5.28. The van der Waals surface area contributed by atoms with Crippen molar-refractivity contribution in [3.63, 3.8) is 0 Å². The second-order valence-electron chi connectivity index (χ2n) is 4.79. The second-order valence-corrected chi connectivity index (χ2v) is 4.79. The van der Waals surface area contributed by atoms with Gasteiger partial charge in [-0.05, 0) is 18.2 Å². The van der Waals surface area contributed by atoms with E-state index in [2.05, 4.69) is 15.5 Å². The summed E-state index contributed by atoms with van der Waals surface area (Å²) in [4.78, 5) is 24.2. The fraction of sp³-hybridized carbons (Fsp3) is 0.214. The van der Waals surface area contributed by atoms with Crippen LogP contribution < -0.4 is 10.2 Å². The van der Waals surface area contributed by atoms with Gasteiger partial charge in [-0.2, -0.15) is 5.10 Å². The van der Waals surface area contributed by atoms with E-state index in [4.69, 9.17) is 5.11 Å². The van der Waals surface area contributed by atoms with E-state index in [1.54, 1.807) is 0 Å². The molecule has 108 valence electrons. The first kappa shape index (κ1) is 13.2. The third kappa shape index (κ3) is 2.71. The van der Waals surface area contributed by atoms with Gasteiger partial charge in [0.25, 0.3) is 0 Å². The Bertz CT molecular complexity index is 678. The zero-order chi connectivity index (χ0) is 14.8. The van der Waals surface area contributed by atoms with Crippen LogP contribution in [0.25, 0.3) is 11.3 Å². The third-order valence-electron chi connectivity index (χ3n) is 3.37. The highest BCUT2D eigenvalue weighted by molar-refractivity contribution is 5.87. The van der Waals surface area contributed by atoms with Crippen LogP contribution in [0.2, 0.25) is 0 Å². The topological polar surface area (TPSA) is 98.3 Å². The lowest BCUT2D eigenvalue weighted by molar-refractivity contribution is -0.120. The summed E-state index contributed by atoms with van der Waals surface area (Å²) < 4.78 is 0. The molecule has 3 N–H and O–H groups in total. The molecule has 1 saturated heterocycles. The highest BCUT2D eigenvalue weighted by atomic mass is 16.4.